The van der Waals surface area contributed by atoms with Crippen molar-refractivity contribution in [2.75, 3.05) is 26.2 Å². The smallest absolute Gasteiger partial charge is 0.320 e. The zero-order valence-corrected chi connectivity index (χ0v) is 11.5. The average Bonchev–Trinajstić information content (AvgIpc) is 2.82. The molecule has 0 amide bonds. The standard InChI is InChI=1S/C14H26N2O2/c1-2-18-14(17)11-16-9-5-8-13(10-16)15-12-6-3-4-7-12/h12-13,15H,2-11H2,1H3. The molecule has 18 heavy (non-hydrogen) atoms. The predicted molar refractivity (Wildman–Crippen MR) is 71.5 cm³/mol. The highest BCUT2D eigenvalue weighted by molar-refractivity contribution is 5.71. The van der Waals surface area contributed by atoms with Crippen LogP contribution in [-0.4, -0.2) is 49.2 Å². The molecule has 4 heteroatoms. The van der Waals surface area contributed by atoms with Crippen LogP contribution in [0.4, 0.5) is 0 Å². The molecule has 4 nitrogen and oxygen atoms in total. The summed E-state index contributed by atoms with van der Waals surface area (Å²) in [6.45, 7) is 4.82. The highest BCUT2D eigenvalue weighted by atomic mass is 16.5. The Labute approximate surface area is 110 Å². The third kappa shape index (κ3) is 4.25. The number of rotatable bonds is 5. The number of ether oxygens (including phenoxy) is 1. The number of nitrogens with one attached hydrogen (secondary N) is 1. The summed E-state index contributed by atoms with van der Waals surface area (Å²) in [5.41, 5.74) is 0. The summed E-state index contributed by atoms with van der Waals surface area (Å²) in [4.78, 5) is 13.7. The Morgan fingerprint density at radius 1 is 1.22 bits per heavy atom. The molecular formula is C14H26N2O2. The first kappa shape index (κ1) is 13.8. The van der Waals surface area contributed by atoms with Gasteiger partial charge in [0.05, 0.1) is 13.2 Å². The maximum atomic E-state index is 11.5. The molecule has 1 aliphatic carbocycles. The number of carbonyl (C=O) groups excluding carboxylic acids is 1. The quantitative estimate of drug-likeness (QED) is 0.756. The molecule has 0 spiro atoms. The van der Waals surface area contributed by atoms with E-state index in [1.165, 1.54) is 38.5 Å². The van der Waals surface area contributed by atoms with Crippen molar-refractivity contribution in [2.45, 2.75) is 57.5 Å². The van der Waals surface area contributed by atoms with Gasteiger partial charge in [0.25, 0.3) is 0 Å². The Balaban J connectivity index is 1.71. The van der Waals surface area contributed by atoms with Gasteiger partial charge in [0.15, 0.2) is 0 Å². The monoisotopic (exact) mass is 254 g/mol. The first-order valence-corrected chi connectivity index (χ1v) is 7.42. The molecule has 2 aliphatic rings. The van der Waals surface area contributed by atoms with E-state index in [-0.39, 0.29) is 5.97 Å². The fourth-order valence-electron chi connectivity index (χ4n) is 3.15. The van der Waals surface area contributed by atoms with Crippen molar-refractivity contribution in [2.24, 2.45) is 0 Å². The largest absolute Gasteiger partial charge is 0.465 e. The summed E-state index contributed by atoms with van der Waals surface area (Å²) in [7, 11) is 0. The number of hydrogen-bond donors (Lipinski definition) is 1. The molecule has 1 atom stereocenters. The lowest BCUT2D eigenvalue weighted by atomic mass is 10.0. The van der Waals surface area contributed by atoms with Gasteiger partial charge in [-0.05, 0) is 39.2 Å². The minimum Gasteiger partial charge on any atom is -0.465 e. The van der Waals surface area contributed by atoms with E-state index >= 15 is 0 Å². The second kappa shape index (κ2) is 7.10. The molecule has 104 valence electrons. The van der Waals surface area contributed by atoms with Crippen LogP contribution < -0.4 is 5.32 Å². The van der Waals surface area contributed by atoms with E-state index in [1.54, 1.807) is 0 Å². The lowest BCUT2D eigenvalue weighted by Crippen LogP contribution is -2.49. The van der Waals surface area contributed by atoms with Crippen LogP contribution in [0, 0.1) is 0 Å². The van der Waals surface area contributed by atoms with Crippen LogP contribution in [0.15, 0.2) is 0 Å². The predicted octanol–water partition coefficient (Wildman–Crippen LogP) is 1.55. The van der Waals surface area contributed by atoms with Crippen LogP contribution in [0.3, 0.4) is 0 Å². The third-order valence-corrected chi connectivity index (χ3v) is 3.99. The van der Waals surface area contributed by atoms with Crippen molar-refractivity contribution < 1.29 is 9.53 Å². The summed E-state index contributed by atoms with van der Waals surface area (Å²) >= 11 is 0. The van der Waals surface area contributed by atoms with E-state index in [0.717, 1.165) is 19.1 Å². The fourth-order valence-corrected chi connectivity index (χ4v) is 3.15. The Morgan fingerprint density at radius 2 is 1.94 bits per heavy atom. The molecule has 1 unspecified atom stereocenters. The van der Waals surface area contributed by atoms with Crippen molar-refractivity contribution in [3.63, 3.8) is 0 Å². The second-order valence-electron chi connectivity index (χ2n) is 5.53. The first-order chi connectivity index (χ1) is 8.78. The van der Waals surface area contributed by atoms with Crippen LogP contribution in [0.25, 0.3) is 0 Å². The summed E-state index contributed by atoms with van der Waals surface area (Å²) in [6.07, 6.45) is 7.83. The van der Waals surface area contributed by atoms with Gasteiger partial charge in [0.1, 0.15) is 0 Å². The number of likely N-dealkylation sites (tertiary alicyclic amines) is 1. The molecule has 0 bridgehead atoms. The molecule has 0 aromatic carbocycles. The fraction of sp³-hybridized carbons (Fsp3) is 0.929. The lowest BCUT2D eigenvalue weighted by molar-refractivity contribution is -0.144. The molecule has 0 aromatic rings. The highest BCUT2D eigenvalue weighted by Crippen LogP contribution is 2.20. The summed E-state index contributed by atoms with van der Waals surface area (Å²) in [5, 5.41) is 3.76. The molecule has 0 aromatic heterocycles. The molecule has 0 radical (unpaired) electrons. The van der Waals surface area contributed by atoms with Crippen molar-refractivity contribution in [1.29, 1.82) is 0 Å². The van der Waals surface area contributed by atoms with Gasteiger partial charge in [-0.3, -0.25) is 9.69 Å². The average molecular weight is 254 g/mol. The molecule has 1 saturated carbocycles. The minimum absolute atomic E-state index is 0.0842. The molecule has 1 aliphatic heterocycles. The number of carbonyl (C=O) groups is 1. The number of piperidine rings is 1. The van der Waals surface area contributed by atoms with Gasteiger partial charge in [0, 0.05) is 18.6 Å². The van der Waals surface area contributed by atoms with Crippen LogP contribution in [0.5, 0.6) is 0 Å². The Bertz CT molecular complexity index is 265. The SMILES string of the molecule is CCOC(=O)CN1CCCC(NC2CCCC2)C1. The minimum atomic E-state index is -0.0842. The Morgan fingerprint density at radius 3 is 2.67 bits per heavy atom. The van der Waals surface area contributed by atoms with E-state index in [4.69, 9.17) is 4.74 Å². The van der Waals surface area contributed by atoms with Gasteiger partial charge < -0.3 is 10.1 Å². The molecule has 2 fully saturated rings. The Hall–Kier alpha value is -0.610. The van der Waals surface area contributed by atoms with Gasteiger partial charge in [-0.25, -0.2) is 0 Å². The van der Waals surface area contributed by atoms with Crippen molar-refractivity contribution in [3.8, 4) is 0 Å². The first-order valence-electron chi connectivity index (χ1n) is 7.42. The lowest BCUT2D eigenvalue weighted by Gasteiger charge is -2.34. The number of esters is 1. The van der Waals surface area contributed by atoms with Crippen LogP contribution in [0.2, 0.25) is 0 Å². The zero-order chi connectivity index (χ0) is 12.8. The number of hydrogen-bond acceptors (Lipinski definition) is 4. The maximum Gasteiger partial charge on any atom is 0.320 e. The van der Waals surface area contributed by atoms with E-state index in [2.05, 4.69) is 10.2 Å². The summed E-state index contributed by atoms with van der Waals surface area (Å²) < 4.78 is 5.01. The molecule has 1 heterocycles. The van der Waals surface area contributed by atoms with Gasteiger partial charge in [-0.1, -0.05) is 12.8 Å². The Kier molecular flexibility index (Phi) is 5.45. The normalized spacial score (nSPS) is 26.4. The van der Waals surface area contributed by atoms with Crippen LogP contribution >= 0.6 is 0 Å². The van der Waals surface area contributed by atoms with Crippen molar-refractivity contribution >= 4 is 5.97 Å². The number of nitrogens with zero attached hydrogens (tertiary/aromatic N) is 1. The molecular weight excluding hydrogens is 228 g/mol. The third-order valence-electron chi connectivity index (χ3n) is 3.99. The summed E-state index contributed by atoms with van der Waals surface area (Å²) in [5.74, 6) is -0.0842. The van der Waals surface area contributed by atoms with Gasteiger partial charge in [-0.15, -0.1) is 0 Å². The molecule has 1 N–H and O–H groups in total. The highest BCUT2D eigenvalue weighted by Gasteiger charge is 2.25. The van der Waals surface area contributed by atoms with Crippen molar-refractivity contribution in [3.05, 3.63) is 0 Å². The van der Waals surface area contributed by atoms with E-state index in [9.17, 15) is 4.79 Å². The van der Waals surface area contributed by atoms with Crippen LogP contribution in [0.1, 0.15) is 45.4 Å². The second-order valence-corrected chi connectivity index (χ2v) is 5.53. The van der Waals surface area contributed by atoms with Gasteiger partial charge in [-0.2, -0.15) is 0 Å². The van der Waals surface area contributed by atoms with Crippen LogP contribution in [-0.2, 0) is 9.53 Å². The van der Waals surface area contributed by atoms with Gasteiger partial charge >= 0.3 is 5.97 Å². The van der Waals surface area contributed by atoms with Crippen molar-refractivity contribution in [1.82, 2.24) is 10.2 Å². The van der Waals surface area contributed by atoms with Gasteiger partial charge in [0.2, 0.25) is 0 Å². The maximum absolute atomic E-state index is 11.5. The zero-order valence-electron chi connectivity index (χ0n) is 11.5. The van der Waals surface area contributed by atoms with E-state index in [0.29, 0.717) is 19.2 Å². The van der Waals surface area contributed by atoms with E-state index in [1.807, 2.05) is 6.92 Å². The molecule has 1 saturated heterocycles. The topological polar surface area (TPSA) is 41.6 Å². The van der Waals surface area contributed by atoms with E-state index < -0.39 is 0 Å². The summed E-state index contributed by atoms with van der Waals surface area (Å²) in [6, 6.07) is 1.29. The molecule has 2 rings (SSSR count).